The maximum absolute atomic E-state index is 14.1. The maximum atomic E-state index is 14.1. The van der Waals surface area contributed by atoms with Crippen molar-refractivity contribution in [2.45, 2.75) is 82.3 Å². The first-order chi connectivity index (χ1) is 30.6. The molecule has 1 unspecified atom stereocenters. The van der Waals surface area contributed by atoms with E-state index in [0.717, 1.165) is 0 Å². The first-order valence-electron chi connectivity index (χ1n) is 20.8. The molecule has 0 aliphatic carbocycles. The molecule has 5 aromatic rings. The lowest BCUT2D eigenvalue weighted by atomic mass is 9.88. The van der Waals surface area contributed by atoms with Crippen LogP contribution in [-0.4, -0.2) is 91.6 Å². The number of hydrogen-bond acceptors (Lipinski definition) is 13. The first-order valence-corrected chi connectivity index (χ1v) is 20.8. The van der Waals surface area contributed by atoms with Crippen molar-refractivity contribution in [1.29, 1.82) is 0 Å². The van der Waals surface area contributed by atoms with Crippen molar-refractivity contribution in [2.75, 3.05) is 6.61 Å². The molecule has 63 heavy (non-hydrogen) atoms. The molecular weight excluding hydrogens is 809 g/mol. The lowest BCUT2D eigenvalue weighted by molar-refractivity contribution is -0.332. The fourth-order valence-corrected chi connectivity index (χ4v) is 7.48. The van der Waals surface area contributed by atoms with Crippen molar-refractivity contribution < 1.29 is 61.9 Å². The molecule has 13 nitrogen and oxygen atoms in total. The van der Waals surface area contributed by atoms with Crippen LogP contribution in [0, 0.1) is 5.92 Å². The normalized spacial score (nSPS) is 25.4. The Morgan fingerprint density at radius 1 is 0.429 bits per heavy atom. The molecule has 2 fully saturated rings. The smallest absolute Gasteiger partial charge is 0.338 e. The summed E-state index contributed by atoms with van der Waals surface area (Å²) in [5.74, 6) is -4.17. The molecule has 2 saturated heterocycles. The molecule has 0 N–H and O–H groups in total. The monoisotopic (exact) mass is 856 g/mol. The highest BCUT2D eigenvalue weighted by Crippen LogP contribution is 2.37. The van der Waals surface area contributed by atoms with E-state index in [-0.39, 0.29) is 35.3 Å². The Bertz CT molecular complexity index is 2290. The van der Waals surface area contributed by atoms with E-state index >= 15 is 0 Å². The third-order valence-corrected chi connectivity index (χ3v) is 11.0. The number of rotatable bonds is 14. The molecule has 2 heterocycles. The van der Waals surface area contributed by atoms with Gasteiger partial charge < -0.3 is 37.9 Å². The van der Waals surface area contributed by atoms with Gasteiger partial charge in [0.05, 0.1) is 33.9 Å². The molecule has 2 aliphatic heterocycles. The first kappa shape index (κ1) is 44.4. The quantitative estimate of drug-likeness (QED) is 0.0791. The number of benzene rings is 5. The summed E-state index contributed by atoms with van der Waals surface area (Å²) in [7, 11) is 0. The number of ether oxygens (including phenoxy) is 8. The largest absolute Gasteiger partial charge is 0.459 e. The number of esters is 5. The van der Waals surface area contributed by atoms with Crippen LogP contribution in [-0.2, 0) is 37.9 Å². The maximum Gasteiger partial charge on any atom is 0.338 e. The summed E-state index contributed by atoms with van der Waals surface area (Å²) in [5, 5.41) is 0. The lowest BCUT2D eigenvalue weighted by Gasteiger charge is -2.48. The fraction of sp³-hybridized carbons (Fsp3) is 0.300. The van der Waals surface area contributed by atoms with Gasteiger partial charge in [-0.2, -0.15) is 0 Å². The second-order valence-electron chi connectivity index (χ2n) is 15.2. The summed E-state index contributed by atoms with van der Waals surface area (Å²) < 4.78 is 50.6. The minimum absolute atomic E-state index is 0.156. The molecule has 0 radical (unpaired) electrons. The summed E-state index contributed by atoms with van der Waals surface area (Å²) in [6, 6.07) is 41.3. The fourth-order valence-electron chi connectivity index (χ4n) is 7.48. The molecule has 0 aromatic heterocycles. The molecule has 0 amide bonds. The molecule has 5 aromatic carbocycles. The van der Waals surface area contributed by atoms with Crippen LogP contribution in [0.1, 0.15) is 79.0 Å². The van der Waals surface area contributed by atoms with Crippen LogP contribution < -0.4 is 0 Å². The molecule has 2 aliphatic rings. The number of hydrogen-bond donors (Lipinski definition) is 0. The van der Waals surface area contributed by atoms with Crippen molar-refractivity contribution in [1.82, 2.24) is 0 Å². The molecule has 0 bridgehead atoms. The molecule has 13 heteroatoms. The van der Waals surface area contributed by atoms with E-state index in [1.54, 1.807) is 166 Å². The standard InChI is InChI=1S/C50H48O13/c1-4-38-41(60-47(53)35-24-14-7-15-25-35)43(61-48(54)36-26-16-8-17-27-36)44(62-49(55)37-28-18-9-19-29-37)50(58-38)63-42-39(30-56-45(51)33-20-10-5-11-21-33)57-32(3)31(2)40(42)59-46(52)34-22-12-6-13-23-34/h5-29,31-32,38-44,50H,4,30H2,1-3H3/t31-,32-,38?,39+,40+,41-,42+,43-,44+,50-/m0/s1. The third kappa shape index (κ3) is 10.9. The predicted octanol–water partition coefficient (Wildman–Crippen LogP) is 7.69. The van der Waals surface area contributed by atoms with E-state index in [9.17, 15) is 24.0 Å². The number of carbonyl (C=O) groups excluding carboxylic acids is 5. The zero-order valence-corrected chi connectivity index (χ0v) is 34.9. The number of carbonyl (C=O) groups is 5. The summed E-state index contributed by atoms with van der Waals surface area (Å²) in [6.07, 6.45) is -10.8. The highest BCUT2D eigenvalue weighted by molar-refractivity contribution is 5.92. The van der Waals surface area contributed by atoms with Gasteiger partial charge in [0.25, 0.3) is 0 Å². The molecule has 7 rings (SSSR count). The Balaban J connectivity index is 1.30. The highest BCUT2D eigenvalue weighted by Gasteiger charge is 2.56. The van der Waals surface area contributed by atoms with Crippen molar-refractivity contribution >= 4 is 29.8 Å². The SMILES string of the molecule is CCC1O[C@@H](O[C@H]2[C@H](OC(=O)c3ccccc3)[C@@H](C)[C@H](C)O[C@@H]2COC(=O)c2ccccc2)[C@H](OC(=O)c2ccccc2)[C@@H](OC(=O)c2ccccc2)[C@H]1OC(=O)c1ccccc1. The third-order valence-electron chi connectivity index (χ3n) is 11.0. The Labute approximate surface area is 365 Å². The molecule has 0 saturated carbocycles. The topological polar surface area (TPSA) is 159 Å². The van der Waals surface area contributed by atoms with Crippen LogP contribution in [0.25, 0.3) is 0 Å². The molecule has 10 atom stereocenters. The van der Waals surface area contributed by atoms with Gasteiger partial charge in [-0.1, -0.05) is 105 Å². The summed E-state index contributed by atoms with van der Waals surface area (Å²) in [5.41, 5.74) is 1.12. The van der Waals surface area contributed by atoms with Crippen LogP contribution in [0.2, 0.25) is 0 Å². The van der Waals surface area contributed by atoms with Gasteiger partial charge in [0, 0.05) is 5.92 Å². The van der Waals surface area contributed by atoms with Crippen molar-refractivity contribution in [2.24, 2.45) is 5.92 Å². The van der Waals surface area contributed by atoms with Gasteiger partial charge in [-0.3, -0.25) is 0 Å². The zero-order chi connectivity index (χ0) is 44.3. The average molecular weight is 857 g/mol. The molecular formula is C50H48O13. The Hall–Kier alpha value is -6.67. The van der Waals surface area contributed by atoms with Crippen LogP contribution in [0.3, 0.4) is 0 Å². The second kappa shape index (κ2) is 20.9. The van der Waals surface area contributed by atoms with E-state index in [4.69, 9.17) is 37.9 Å². The van der Waals surface area contributed by atoms with Gasteiger partial charge in [-0.05, 0) is 74.0 Å². The van der Waals surface area contributed by atoms with Crippen LogP contribution in [0.4, 0.5) is 0 Å². The van der Waals surface area contributed by atoms with E-state index < -0.39 is 90.9 Å². The molecule has 0 spiro atoms. The van der Waals surface area contributed by atoms with Crippen molar-refractivity contribution in [3.05, 3.63) is 179 Å². The van der Waals surface area contributed by atoms with Crippen LogP contribution >= 0.6 is 0 Å². The van der Waals surface area contributed by atoms with Crippen molar-refractivity contribution in [3.63, 3.8) is 0 Å². The minimum Gasteiger partial charge on any atom is -0.459 e. The lowest BCUT2D eigenvalue weighted by Crippen LogP contribution is -2.65. The summed E-state index contributed by atoms with van der Waals surface area (Å²) in [6.45, 7) is 5.05. The van der Waals surface area contributed by atoms with Gasteiger partial charge in [0.2, 0.25) is 0 Å². The van der Waals surface area contributed by atoms with E-state index in [1.807, 2.05) is 6.92 Å². The Morgan fingerprint density at radius 2 is 0.794 bits per heavy atom. The predicted molar refractivity (Wildman–Crippen MR) is 227 cm³/mol. The van der Waals surface area contributed by atoms with Crippen LogP contribution in [0.5, 0.6) is 0 Å². The highest BCUT2D eigenvalue weighted by atomic mass is 16.7. The van der Waals surface area contributed by atoms with Gasteiger partial charge in [0.1, 0.15) is 31.0 Å². The minimum atomic E-state index is -1.62. The summed E-state index contributed by atoms with van der Waals surface area (Å²) >= 11 is 0. The molecule has 326 valence electrons. The Morgan fingerprint density at radius 3 is 1.21 bits per heavy atom. The van der Waals surface area contributed by atoms with E-state index in [2.05, 4.69) is 0 Å². The van der Waals surface area contributed by atoms with E-state index in [0.29, 0.717) is 5.56 Å². The average Bonchev–Trinajstić information content (AvgIpc) is 3.33. The van der Waals surface area contributed by atoms with E-state index in [1.165, 1.54) is 0 Å². The van der Waals surface area contributed by atoms with Gasteiger partial charge >= 0.3 is 29.8 Å². The van der Waals surface area contributed by atoms with Crippen molar-refractivity contribution in [3.8, 4) is 0 Å². The van der Waals surface area contributed by atoms with Gasteiger partial charge in [-0.15, -0.1) is 0 Å². The zero-order valence-electron chi connectivity index (χ0n) is 34.9. The summed E-state index contributed by atoms with van der Waals surface area (Å²) in [4.78, 5) is 68.9. The van der Waals surface area contributed by atoms with Crippen LogP contribution in [0.15, 0.2) is 152 Å². The second-order valence-corrected chi connectivity index (χ2v) is 15.2. The van der Waals surface area contributed by atoms with Gasteiger partial charge in [0.15, 0.2) is 24.6 Å². The Kier molecular flexibility index (Phi) is 14.7. The van der Waals surface area contributed by atoms with Gasteiger partial charge in [-0.25, -0.2) is 24.0 Å².